The summed E-state index contributed by atoms with van der Waals surface area (Å²) in [5, 5.41) is 42.6. The van der Waals surface area contributed by atoms with Crippen LogP contribution < -0.4 is 32.3 Å². The third-order valence-corrected chi connectivity index (χ3v) is 26.5. The molecule has 0 radical (unpaired) electrons. The molecule has 7 N–H and O–H groups in total. The highest BCUT2D eigenvalue weighted by molar-refractivity contribution is 7.11. The van der Waals surface area contributed by atoms with E-state index in [4.69, 9.17) is 10.5 Å². The van der Waals surface area contributed by atoms with Gasteiger partial charge in [0.05, 0.1) is 126 Å². The maximum Gasteiger partial charge on any atom is 0.409 e. The molecular formula is C93H98N38O3S5. The van der Waals surface area contributed by atoms with E-state index >= 15 is 0 Å². The van der Waals surface area contributed by atoms with Crippen LogP contribution in [0.1, 0.15) is 102 Å². The van der Waals surface area contributed by atoms with E-state index in [0.717, 1.165) is 188 Å². The van der Waals surface area contributed by atoms with Gasteiger partial charge in [0.1, 0.15) is 25.0 Å². The highest BCUT2D eigenvalue weighted by Crippen LogP contribution is 2.39. The van der Waals surface area contributed by atoms with Crippen LogP contribution in [0.4, 0.5) is 63.7 Å². The molecule has 22 heterocycles. The van der Waals surface area contributed by atoms with Gasteiger partial charge in [-0.2, -0.15) is 47.4 Å². The Morgan fingerprint density at radius 2 is 0.755 bits per heavy atom. The Labute approximate surface area is 816 Å². The molecule has 0 aliphatic carbocycles. The lowest BCUT2D eigenvalue weighted by molar-refractivity contribution is 0.0956. The average molecular weight is 1960 g/mol. The fourth-order valence-electron chi connectivity index (χ4n) is 16.2. The summed E-state index contributed by atoms with van der Waals surface area (Å²) in [6.07, 6.45) is 51.0. The Morgan fingerprint density at radius 3 is 1.10 bits per heavy atom. The van der Waals surface area contributed by atoms with Crippen LogP contribution in [0.5, 0.6) is 0 Å². The van der Waals surface area contributed by atoms with E-state index in [0.29, 0.717) is 55.4 Å². The van der Waals surface area contributed by atoms with Crippen molar-refractivity contribution in [2.24, 2.45) is 46.9 Å². The van der Waals surface area contributed by atoms with E-state index in [2.05, 4.69) is 171 Å². The van der Waals surface area contributed by atoms with Crippen LogP contribution in [0.25, 0.3) is 95.8 Å². The first-order valence-corrected chi connectivity index (χ1v) is 48.6. The average Bonchev–Trinajstić information content (AvgIpc) is 1.66. The number of carbonyl (C=O) groups is 2. The molecule has 2 aliphatic heterocycles. The standard InChI is InChI=1S/C21H24N8O2S.C19H21N9OS.C19H15N7S.2C17H19N7S/c1-3-31-21(30)28-7-4-5-14(13-28)16-9-18(32-26-16)25-19-20-23-11-17(29(20)8-6-22-19)15-10-24-27(2)12-15;1-26-10-13(8-23-26)15-9-22-18-17(21-4-6-28(15)18)24-16-7-14(25-30-16)12-3-2-5-27(11-12)19(20)29;1-25-12-14(10-22-25)16-11-21-19-18(20-7-8-26(16)19)23-17-9-15(24-27-17)13-5-3-2-4-6-13;1-17(2,3)13-7-14(25-22-13)21-15-16-19-9-12(24(16)6-5-18-15)11-8-20-23(4)10-11;1-11(2)6-13-7-15(25-22-13)21-16-17-19-9-14(24(17)5-4-18-16)12-8-20-23(3)10-12/h6,8-12,14H,3-5,7,13H2,1-2H3,(H,22,25);4,6-10,12H,2-3,5,11H2,1H3,(H2,20,29)(H,21,24);2-12H,1H3,(H,20,23);5-10H,1-4H3,(H,18,21);4-5,7-11H,6H2,1-3H3,(H,18,21). The number of nitrogens with zero attached hydrogens (tertiary/aromatic N) is 32. The summed E-state index contributed by atoms with van der Waals surface area (Å²) in [5.41, 5.74) is 25.2. The Balaban J connectivity index is 0.000000111. The van der Waals surface area contributed by atoms with Crippen LogP contribution in [0.2, 0.25) is 0 Å². The number of likely N-dealkylation sites (tertiary alicyclic amines) is 2. The van der Waals surface area contributed by atoms with Gasteiger partial charge in [0, 0.05) is 211 Å². The third kappa shape index (κ3) is 20.9. The summed E-state index contributed by atoms with van der Waals surface area (Å²) in [7, 11) is 9.48. The second-order valence-electron chi connectivity index (χ2n) is 34.6. The Morgan fingerprint density at radius 1 is 0.417 bits per heavy atom. The molecular weight excluding hydrogens is 1860 g/mol. The smallest absolute Gasteiger partial charge is 0.409 e. The molecule has 139 heavy (non-hydrogen) atoms. The number of carbonyl (C=O) groups excluding carboxylic acids is 2. The number of nitrogens with one attached hydrogen (secondary N) is 5. The van der Waals surface area contributed by atoms with Gasteiger partial charge in [-0.05, 0) is 127 Å². The molecule has 2 unspecified atom stereocenters. The fourth-order valence-corrected chi connectivity index (χ4v) is 19.8. The first-order chi connectivity index (χ1) is 67.5. The predicted octanol–water partition coefficient (Wildman–Crippen LogP) is 17.4. The molecule has 1 aromatic carbocycles. The number of ether oxygens (including phenoxy) is 1. The first-order valence-electron chi connectivity index (χ1n) is 44.7. The number of piperidine rings is 2. The van der Waals surface area contributed by atoms with Gasteiger partial charge in [0.25, 0.3) is 0 Å². The zero-order valence-electron chi connectivity index (χ0n) is 77.7. The van der Waals surface area contributed by atoms with Crippen molar-refractivity contribution >= 4 is 152 Å². The van der Waals surface area contributed by atoms with Crippen LogP contribution in [-0.4, -0.2) is 197 Å². The minimum atomic E-state index is -0.368. The van der Waals surface area contributed by atoms with Gasteiger partial charge in [0.15, 0.2) is 57.3 Å². The number of amides is 3. The van der Waals surface area contributed by atoms with Gasteiger partial charge in [-0.25, -0.2) is 59.4 Å². The van der Waals surface area contributed by atoms with Crippen LogP contribution >= 0.6 is 57.7 Å². The summed E-state index contributed by atoms with van der Waals surface area (Å²) in [6.45, 7) is 15.7. The molecule has 708 valence electrons. The van der Waals surface area contributed by atoms with Crippen LogP contribution in [0, 0.1) is 5.92 Å². The van der Waals surface area contributed by atoms with Crippen molar-refractivity contribution in [3.05, 3.63) is 238 Å². The van der Waals surface area contributed by atoms with E-state index in [1.165, 1.54) is 57.7 Å². The van der Waals surface area contributed by atoms with Crippen molar-refractivity contribution < 1.29 is 14.3 Å². The molecule has 2 saturated heterocycles. The van der Waals surface area contributed by atoms with E-state index in [1.807, 2.05) is 237 Å². The van der Waals surface area contributed by atoms with Gasteiger partial charge in [0.2, 0.25) is 0 Å². The molecule has 20 aromatic heterocycles. The lowest BCUT2D eigenvalue weighted by Crippen LogP contribution is -2.42. The number of imidazole rings is 5. The van der Waals surface area contributed by atoms with Crippen molar-refractivity contribution in [1.82, 2.24) is 152 Å². The van der Waals surface area contributed by atoms with Crippen molar-refractivity contribution in [2.75, 3.05) is 59.4 Å². The van der Waals surface area contributed by atoms with Gasteiger partial charge in [-0.3, -0.25) is 45.4 Å². The lowest BCUT2D eigenvalue weighted by Gasteiger charge is -2.31. The molecule has 2 fully saturated rings. The van der Waals surface area contributed by atoms with Gasteiger partial charge < -0.3 is 46.9 Å². The summed E-state index contributed by atoms with van der Waals surface area (Å²) >= 11 is 7.05. The van der Waals surface area contributed by atoms with Crippen LogP contribution in [0.15, 0.2) is 216 Å². The molecule has 41 nitrogen and oxygen atoms in total. The van der Waals surface area contributed by atoms with Crippen molar-refractivity contribution in [2.45, 2.75) is 90.9 Å². The number of anilines is 10. The van der Waals surface area contributed by atoms with E-state index in [1.54, 1.807) is 64.2 Å². The molecule has 0 saturated carbocycles. The second-order valence-corrected chi connectivity index (χ2v) is 38.6. The van der Waals surface area contributed by atoms with Crippen molar-refractivity contribution in [1.29, 1.82) is 0 Å². The number of hydrogen-bond acceptors (Lipinski definition) is 33. The third-order valence-electron chi connectivity index (χ3n) is 23.0. The second kappa shape index (κ2) is 40.5. The Kier molecular flexibility index (Phi) is 26.9. The number of aromatic nitrogens is 30. The minimum Gasteiger partial charge on any atom is -0.450 e. The number of benzene rings is 1. The van der Waals surface area contributed by atoms with Crippen molar-refractivity contribution in [3.8, 4) is 67.5 Å². The zero-order chi connectivity index (χ0) is 96.0. The number of primary amides is 1. The summed E-state index contributed by atoms with van der Waals surface area (Å²) < 4.78 is 46.8. The SMILES string of the molecule is CC(C)Cc1cc(Nc2nccn3c(-c4cnn(C)c4)cnc23)sn1.CCOC(=O)N1CCCC(c2cc(Nc3nccn4c(-c5cnn(C)c5)cnc34)sn2)C1.Cn1cc(-c2cnc3c(Nc4cc(-c5ccccc5)ns4)nccn23)cn1.Cn1cc(-c2cnc3c(Nc4cc(C(C)(C)C)ns4)nccn23)cn1.Cn1cc(-c2cnc3c(Nc4cc(C5CCCN(C(N)=O)C5)ns4)nccn23)cn1. The van der Waals surface area contributed by atoms with Gasteiger partial charge in [-0.1, -0.05) is 65.0 Å². The van der Waals surface area contributed by atoms with E-state index in [9.17, 15) is 9.59 Å². The molecule has 23 rings (SSSR count). The Hall–Kier alpha value is -15.9. The molecule has 0 bridgehead atoms. The molecule has 2 aliphatic rings. The molecule has 2 atom stereocenters. The predicted molar refractivity (Wildman–Crippen MR) is 539 cm³/mol. The number of hydrogen-bond donors (Lipinski definition) is 6. The minimum absolute atomic E-state index is 0.0245. The van der Waals surface area contributed by atoms with Crippen LogP contribution in [0.3, 0.4) is 0 Å². The maximum absolute atomic E-state index is 12.1. The van der Waals surface area contributed by atoms with Gasteiger partial charge in [-0.15, -0.1) is 0 Å². The highest BCUT2D eigenvalue weighted by Gasteiger charge is 2.30. The first kappa shape index (κ1) is 92.1. The topological polar surface area (TPSA) is 441 Å². The number of nitrogens with two attached hydrogens (primary N) is 1. The lowest BCUT2D eigenvalue weighted by atomic mass is 9.92. The summed E-state index contributed by atoms with van der Waals surface area (Å²) in [6, 6.07) is 20.0. The van der Waals surface area contributed by atoms with Crippen molar-refractivity contribution in [3.63, 3.8) is 0 Å². The maximum atomic E-state index is 12.1. The quantitative estimate of drug-likeness (QED) is 0.0389. The highest BCUT2D eigenvalue weighted by atomic mass is 32.1. The number of rotatable bonds is 21. The van der Waals surface area contributed by atoms with Crippen LogP contribution in [-0.2, 0) is 51.8 Å². The number of aryl methyl sites for hydroxylation is 5. The summed E-state index contributed by atoms with van der Waals surface area (Å²) in [4.78, 5) is 72.1. The van der Waals surface area contributed by atoms with Gasteiger partial charge >= 0.3 is 12.1 Å². The molecule has 46 heteroatoms. The molecule has 21 aromatic rings. The Bertz CT molecular complexity index is 7830. The summed E-state index contributed by atoms with van der Waals surface area (Å²) in [5.74, 6) is 4.43. The van der Waals surface area contributed by atoms with E-state index in [-0.39, 0.29) is 29.4 Å². The molecule has 3 amide bonds. The number of fused-ring (bicyclic) bond motifs is 5. The fraction of sp³-hybridized carbons (Fsp3) is 0.269. The van der Waals surface area contributed by atoms with E-state index < -0.39 is 0 Å². The largest absolute Gasteiger partial charge is 0.450 e. The molecule has 0 spiro atoms. The monoisotopic (exact) mass is 1950 g/mol. The number of urea groups is 1. The normalized spacial score (nSPS) is 13.8. The zero-order valence-corrected chi connectivity index (χ0v) is 81.7.